The van der Waals surface area contributed by atoms with Gasteiger partial charge >= 0.3 is 0 Å². The predicted octanol–water partition coefficient (Wildman–Crippen LogP) is 1.53. The number of hydrogen-bond donors (Lipinski definition) is 1. The Bertz CT molecular complexity index is 751. The van der Waals surface area contributed by atoms with Crippen LogP contribution in [-0.2, 0) is 14.8 Å². The molecule has 2 fully saturated rings. The van der Waals surface area contributed by atoms with Crippen molar-refractivity contribution in [1.82, 2.24) is 9.62 Å². The maximum absolute atomic E-state index is 14.2. The van der Waals surface area contributed by atoms with Crippen LogP contribution < -0.4 is 5.32 Å². The summed E-state index contributed by atoms with van der Waals surface area (Å²) in [6, 6.07) is 6.14. The smallest absolute Gasteiger partial charge is 0.262 e. The van der Waals surface area contributed by atoms with E-state index < -0.39 is 40.2 Å². The number of amides is 1. The van der Waals surface area contributed by atoms with E-state index in [-0.39, 0.29) is 17.9 Å². The molecule has 1 unspecified atom stereocenters. The summed E-state index contributed by atoms with van der Waals surface area (Å²) < 4.78 is 54.6. The van der Waals surface area contributed by atoms with Gasteiger partial charge < -0.3 is 5.32 Å². The molecule has 2 saturated heterocycles. The highest BCUT2D eigenvalue weighted by Crippen LogP contribution is 2.44. The van der Waals surface area contributed by atoms with Gasteiger partial charge in [0.05, 0.1) is 16.9 Å². The molecular formula is C15H18F2N2O3S. The highest BCUT2D eigenvalue weighted by molar-refractivity contribution is 7.89. The number of alkyl halides is 2. The number of carbonyl (C=O) groups excluding carboxylic acids is 1. The van der Waals surface area contributed by atoms with Gasteiger partial charge in [0, 0.05) is 19.5 Å². The first kappa shape index (κ1) is 16.3. The maximum Gasteiger partial charge on any atom is 0.262 e. The van der Waals surface area contributed by atoms with Crippen molar-refractivity contribution >= 4 is 15.9 Å². The van der Waals surface area contributed by atoms with Gasteiger partial charge in [-0.1, -0.05) is 12.1 Å². The normalized spacial score (nSPS) is 28.0. The lowest BCUT2D eigenvalue weighted by molar-refractivity contribution is -0.142. The van der Waals surface area contributed by atoms with Crippen LogP contribution in [0.4, 0.5) is 8.78 Å². The van der Waals surface area contributed by atoms with Gasteiger partial charge in [-0.25, -0.2) is 17.2 Å². The van der Waals surface area contributed by atoms with Crippen LogP contribution in [0.2, 0.25) is 0 Å². The van der Waals surface area contributed by atoms with Gasteiger partial charge in [0.15, 0.2) is 0 Å². The van der Waals surface area contributed by atoms with Crippen molar-refractivity contribution < 1.29 is 22.0 Å². The van der Waals surface area contributed by atoms with Crippen molar-refractivity contribution in [3.8, 4) is 0 Å². The van der Waals surface area contributed by atoms with Gasteiger partial charge in [0.1, 0.15) is 0 Å². The summed E-state index contributed by atoms with van der Waals surface area (Å²) in [6.07, 6.45) is -0.382. The Labute approximate surface area is 133 Å². The largest absolute Gasteiger partial charge is 0.356 e. The fraction of sp³-hybridized carbons (Fsp3) is 0.533. The highest BCUT2D eigenvalue weighted by Gasteiger charge is 2.57. The fourth-order valence-corrected chi connectivity index (χ4v) is 5.05. The Morgan fingerprint density at radius 1 is 1.26 bits per heavy atom. The van der Waals surface area contributed by atoms with Gasteiger partial charge in [-0.05, 0) is 31.0 Å². The molecule has 3 rings (SSSR count). The van der Waals surface area contributed by atoms with E-state index in [1.165, 1.54) is 12.1 Å². The van der Waals surface area contributed by atoms with Crippen LogP contribution in [0.3, 0.4) is 0 Å². The fourth-order valence-electron chi connectivity index (χ4n) is 3.39. The molecule has 2 heterocycles. The molecule has 1 atom stereocenters. The van der Waals surface area contributed by atoms with Gasteiger partial charge in [-0.2, -0.15) is 4.31 Å². The lowest BCUT2D eigenvalue weighted by atomic mass is 9.78. The van der Waals surface area contributed by atoms with E-state index in [9.17, 15) is 22.0 Å². The number of rotatable bonds is 2. The zero-order chi connectivity index (χ0) is 16.9. The van der Waals surface area contributed by atoms with Gasteiger partial charge in [0.2, 0.25) is 15.9 Å². The molecule has 0 aromatic heterocycles. The second-order valence-corrected chi connectivity index (χ2v) is 8.35. The van der Waals surface area contributed by atoms with Crippen LogP contribution in [0, 0.1) is 12.3 Å². The zero-order valence-electron chi connectivity index (χ0n) is 12.7. The van der Waals surface area contributed by atoms with E-state index >= 15 is 0 Å². The summed E-state index contributed by atoms with van der Waals surface area (Å²) in [5, 5.41) is 2.54. The van der Waals surface area contributed by atoms with Crippen molar-refractivity contribution in [2.24, 2.45) is 5.41 Å². The molecule has 126 valence electrons. The van der Waals surface area contributed by atoms with Crippen molar-refractivity contribution in [3.63, 3.8) is 0 Å². The summed E-state index contributed by atoms with van der Waals surface area (Å²) in [7, 11) is -4.07. The summed E-state index contributed by atoms with van der Waals surface area (Å²) in [5.74, 6) is -3.71. The number of hydrogen-bond acceptors (Lipinski definition) is 3. The lowest BCUT2D eigenvalue weighted by Crippen LogP contribution is -2.56. The van der Waals surface area contributed by atoms with E-state index in [1.54, 1.807) is 19.1 Å². The molecule has 1 aromatic rings. The van der Waals surface area contributed by atoms with Crippen molar-refractivity contribution in [2.45, 2.75) is 30.6 Å². The van der Waals surface area contributed by atoms with Gasteiger partial charge in [0.25, 0.3) is 5.92 Å². The molecule has 1 aromatic carbocycles. The van der Waals surface area contributed by atoms with Crippen LogP contribution >= 0.6 is 0 Å². The maximum atomic E-state index is 14.2. The highest BCUT2D eigenvalue weighted by atomic mass is 32.2. The molecule has 2 aliphatic rings. The van der Waals surface area contributed by atoms with Crippen LogP contribution in [0.5, 0.6) is 0 Å². The molecule has 2 aliphatic heterocycles. The van der Waals surface area contributed by atoms with Crippen molar-refractivity contribution in [1.29, 1.82) is 0 Å². The lowest BCUT2D eigenvalue weighted by Gasteiger charge is -2.41. The topological polar surface area (TPSA) is 66.5 Å². The molecule has 0 radical (unpaired) electrons. The molecule has 0 aliphatic carbocycles. The number of sulfonamides is 1. The first-order valence-corrected chi connectivity index (χ1v) is 8.82. The molecule has 1 spiro atoms. The van der Waals surface area contributed by atoms with Gasteiger partial charge in [-0.3, -0.25) is 4.79 Å². The van der Waals surface area contributed by atoms with Gasteiger partial charge in [-0.15, -0.1) is 0 Å². The second-order valence-electron chi connectivity index (χ2n) is 6.41. The van der Waals surface area contributed by atoms with Crippen LogP contribution in [0.15, 0.2) is 29.2 Å². The number of piperidine rings is 1. The quantitative estimate of drug-likeness (QED) is 0.885. The van der Waals surface area contributed by atoms with Crippen molar-refractivity contribution in [2.75, 3.05) is 19.6 Å². The summed E-state index contributed by atoms with van der Waals surface area (Å²) in [5.41, 5.74) is -0.610. The number of halogens is 2. The third kappa shape index (κ3) is 2.85. The van der Waals surface area contributed by atoms with Crippen molar-refractivity contribution in [3.05, 3.63) is 29.8 Å². The Morgan fingerprint density at radius 2 is 2.00 bits per heavy atom. The minimum atomic E-state index is -4.07. The molecule has 1 N–H and O–H groups in total. The number of nitrogens with zero attached hydrogens (tertiary/aromatic N) is 1. The average molecular weight is 344 g/mol. The standard InChI is InChI=1S/C15H18F2N2O3S/c1-11-3-2-4-12(7-11)23(21,22)19-9-14(5-6-18-13(14)20)8-15(16,17)10-19/h2-4,7H,5-6,8-10H2,1H3,(H,18,20). The van der Waals surface area contributed by atoms with Crippen LogP contribution in [0.25, 0.3) is 0 Å². The zero-order valence-corrected chi connectivity index (χ0v) is 13.5. The first-order chi connectivity index (χ1) is 10.6. The predicted molar refractivity (Wildman–Crippen MR) is 79.6 cm³/mol. The minimum absolute atomic E-state index is 0.0243. The van der Waals surface area contributed by atoms with Crippen LogP contribution in [0.1, 0.15) is 18.4 Å². The van der Waals surface area contributed by atoms with E-state index in [0.717, 1.165) is 9.87 Å². The number of aryl methyl sites for hydroxylation is 1. The molecule has 1 amide bonds. The third-order valence-corrected chi connectivity index (χ3v) is 6.27. The summed E-state index contributed by atoms with van der Waals surface area (Å²) in [6.45, 7) is 0.936. The monoisotopic (exact) mass is 344 g/mol. The van der Waals surface area contributed by atoms with E-state index in [1.807, 2.05) is 0 Å². The Balaban J connectivity index is 2.00. The molecule has 0 saturated carbocycles. The number of benzene rings is 1. The average Bonchev–Trinajstić information content (AvgIpc) is 2.77. The second kappa shape index (κ2) is 5.24. The Kier molecular flexibility index (Phi) is 3.72. The van der Waals surface area contributed by atoms with Crippen LogP contribution in [-0.4, -0.2) is 44.2 Å². The Hall–Kier alpha value is -1.54. The number of carbonyl (C=O) groups is 1. The third-order valence-electron chi connectivity index (χ3n) is 4.48. The Morgan fingerprint density at radius 3 is 2.61 bits per heavy atom. The van der Waals surface area contributed by atoms with E-state index in [0.29, 0.717) is 6.54 Å². The summed E-state index contributed by atoms with van der Waals surface area (Å²) in [4.78, 5) is 12.0. The molecule has 8 heteroatoms. The minimum Gasteiger partial charge on any atom is -0.356 e. The number of nitrogens with one attached hydrogen (secondary N) is 1. The van der Waals surface area contributed by atoms with E-state index in [4.69, 9.17) is 0 Å². The molecule has 23 heavy (non-hydrogen) atoms. The first-order valence-electron chi connectivity index (χ1n) is 7.38. The molecule has 0 bridgehead atoms. The molecule has 5 nitrogen and oxygen atoms in total. The summed E-state index contributed by atoms with van der Waals surface area (Å²) >= 11 is 0. The van der Waals surface area contributed by atoms with E-state index in [2.05, 4.69) is 5.32 Å². The molecular weight excluding hydrogens is 326 g/mol. The SMILES string of the molecule is Cc1cccc(S(=O)(=O)N2CC(F)(F)CC3(CCNC3=O)C2)c1.